The van der Waals surface area contributed by atoms with Gasteiger partial charge in [-0.2, -0.15) is 0 Å². The molecule has 0 unspecified atom stereocenters. The Morgan fingerprint density at radius 1 is 0.700 bits per heavy atom. The normalized spacial score (nSPS) is 11.6. The van der Waals surface area contributed by atoms with Crippen LogP contribution in [0.15, 0.2) is 30.3 Å². The highest BCUT2D eigenvalue weighted by Crippen LogP contribution is 2.16. The van der Waals surface area contributed by atoms with Crippen LogP contribution in [-0.4, -0.2) is 14.3 Å². The van der Waals surface area contributed by atoms with Crippen molar-refractivity contribution in [2.45, 2.75) is 129 Å². The van der Waals surface area contributed by atoms with Gasteiger partial charge in [-0.05, 0) is 25.1 Å². The molecule has 30 heavy (non-hydrogen) atoms. The topological polar surface area (TPSA) is 26.3 Å². The third-order valence-corrected chi connectivity index (χ3v) is 7.89. The van der Waals surface area contributed by atoms with Gasteiger partial charge in [0.1, 0.15) is 0 Å². The van der Waals surface area contributed by atoms with E-state index in [-0.39, 0.29) is 5.97 Å². The van der Waals surface area contributed by atoms with E-state index in [1.165, 1.54) is 89.0 Å². The summed E-state index contributed by atoms with van der Waals surface area (Å²) >= 11 is 0. The molecule has 0 atom stereocenters. The molecule has 0 aliphatic heterocycles. The largest absolute Gasteiger partial charge is 0.519 e. The van der Waals surface area contributed by atoms with Gasteiger partial charge in [0, 0.05) is 12.5 Å². The van der Waals surface area contributed by atoms with E-state index >= 15 is 0 Å². The van der Waals surface area contributed by atoms with Crippen molar-refractivity contribution in [2.24, 2.45) is 0 Å². The van der Waals surface area contributed by atoms with Crippen molar-refractivity contribution in [2.75, 3.05) is 0 Å². The second-order valence-electron chi connectivity index (χ2n) is 9.60. The van der Waals surface area contributed by atoms with Gasteiger partial charge in [-0.15, -0.1) is 0 Å². The van der Waals surface area contributed by atoms with Crippen molar-refractivity contribution >= 4 is 14.3 Å². The van der Waals surface area contributed by atoms with Crippen LogP contribution in [0.3, 0.4) is 0 Å². The summed E-state index contributed by atoms with van der Waals surface area (Å²) in [5.41, 5.74) is 1.27. The highest BCUT2D eigenvalue weighted by molar-refractivity contribution is 6.72. The molecule has 0 bridgehead atoms. The van der Waals surface area contributed by atoms with Crippen LogP contribution in [0.2, 0.25) is 13.1 Å². The van der Waals surface area contributed by atoms with Crippen molar-refractivity contribution in [3.05, 3.63) is 35.9 Å². The first-order chi connectivity index (χ1) is 14.5. The Morgan fingerprint density at radius 3 is 1.60 bits per heavy atom. The highest BCUT2D eigenvalue weighted by atomic mass is 28.4. The molecule has 0 heterocycles. The molecule has 1 aromatic rings. The number of carbonyl (C=O) groups is 1. The molecule has 3 heteroatoms. The molecule has 0 aliphatic carbocycles. The molecule has 0 spiro atoms. The SMILES string of the molecule is CCCCCCCCCCCCCCCCCC(=O)O[Si](C)(C)Cc1ccccc1. The molecule has 0 aliphatic rings. The zero-order chi connectivity index (χ0) is 21.9. The minimum absolute atomic E-state index is 0.0114. The first kappa shape index (κ1) is 26.9. The number of unbranched alkanes of at least 4 members (excludes halogenated alkanes) is 14. The fraction of sp³-hybridized carbons (Fsp3) is 0.741. The Hall–Kier alpha value is -1.09. The van der Waals surface area contributed by atoms with Crippen LogP contribution >= 0.6 is 0 Å². The van der Waals surface area contributed by atoms with Crippen LogP contribution in [0.5, 0.6) is 0 Å². The lowest BCUT2D eigenvalue weighted by atomic mass is 10.0. The maximum Gasteiger partial charge on any atom is 0.292 e. The Kier molecular flexibility index (Phi) is 15.8. The maximum absolute atomic E-state index is 12.2. The van der Waals surface area contributed by atoms with Crippen molar-refractivity contribution in [3.8, 4) is 0 Å². The Labute approximate surface area is 188 Å². The predicted octanol–water partition coefficient (Wildman–Crippen LogP) is 8.78. The molecule has 0 fully saturated rings. The van der Waals surface area contributed by atoms with E-state index in [0.29, 0.717) is 6.42 Å². The van der Waals surface area contributed by atoms with E-state index in [0.717, 1.165) is 18.9 Å². The molecule has 0 N–H and O–H groups in total. The summed E-state index contributed by atoms with van der Waals surface area (Å²) < 4.78 is 5.86. The van der Waals surface area contributed by atoms with Crippen molar-refractivity contribution < 1.29 is 9.22 Å². The third kappa shape index (κ3) is 15.7. The standard InChI is InChI=1S/C27H48O2Si/c1-4-5-6-7-8-9-10-11-12-13-14-15-16-17-21-24-27(28)29-30(2,3)25-26-22-19-18-20-23-26/h18-20,22-23H,4-17,21,24-25H2,1-3H3. The number of benzene rings is 1. The fourth-order valence-corrected chi connectivity index (χ4v) is 6.13. The second-order valence-corrected chi connectivity index (χ2v) is 13.7. The van der Waals surface area contributed by atoms with Gasteiger partial charge in [-0.25, -0.2) is 0 Å². The van der Waals surface area contributed by atoms with Gasteiger partial charge in [0.05, 0.1) is 0 Å². The van der Waals surface area contributed by atoms with Crippen LogP contribution in [0, 0.1) is 0 Å². The molecular weight excluding hydrogens is 384 g/mol. The summed E-state index contributed by atoms with van der Waals surface area (Å²) in [6.07, 6.45) is 20.8. The van der Waals surface area contributed by atoms with Crippen LogP contribution in [-0.2, 0) is 15.3 Å². The first-order valence-electron chi connectivity index (χ1n) is 12.8. The van der Waals surface area contributed by atoms with E-state index in [4.69, 9.17) is 4.43 Å². The van der Waals surface area contributed by atoms with Crippen LogP contribution in [0.25, 0.3) is 0 Å². The lowest BCUT2D eigenvalue weighted by Gasteiger charge is -2.23. The summed E-state index contributed by atoms with van der Waals surface area (Å²) in [5, 5.41) is 0. The molecule has 0 amide bonds. The smallest absolute Gasteiger partial charge is 0.292 e. The molecular formula is C27H48O2Si. The van der Waals surface area contributed by atoms with Crippen LogP contribution in [0.4, 0.5) is 0 Å². The molecule has 1 aromatic carbocycles. The summed E-state index contributed by atoms with van der Waals surface area (Å²) in [4.78, 5) is 12.2. The summed E-state index contributed by atoms with van der Waals surface area (Å²) in [5.74, 6) is 0.0114. The molecule has 0 aromatic heterocycles. The van der Waals surface area contributed by atoms with Gasteiger partial charge in [0.2, 0.25) is 0 Å². The molecule has 1 rings (SSSR count). The van der Waals surface area contributed by atoms with Crippen LogP contribution in [0.1, 0.15) is 115 Å². The third-order valence-electron chi connectivity index (χ3n) is 5.85. The van der Waals surface area contributed by atoms with E-state index in [1.54, 1.807) is 0 Å². The molecule has 0 saturated carbocycles. The Bertz CT molecular complexity index is 527. The van der Waals surface area contributed by atoms with Crippen molar-refractivity contribution in [1.82, 2.24) is 0 Å². The lowest BCUT2D eigenvalue weighted by molar-refractivity contribution is -0.135. The quantitative estimate of drug-likeness (QED) is 0.161. The average Bonchev–Trinajstić information content (AvgIpc) is 2.71. The number of hydrogen-bond donors (Lipinski definition) is 0. The molecule has 0 radical (unpaired) electrons. The molecule has 2 nitrogen and oxygen atoms in total. The van der Waals surface area contributed by atoms with Gasteiger partial charge in [0.15, 0.2) is 0 Å². The monoisotopic (exact) mass is 432 g/mol. The predicted molar refractivity (Wildman–Crippen MR) is 133 cm³/mol. The number of rotatable bonds is 19. The van der Waals surface area contributed by atoms with Gasteiger partial charge in [-0.1, -0.05) is 127 Å². The summed E-state index contributed by atoms with van der Waals surface area (Å²) in [7, 11) is -1.97. The lowest BCUT2D eigenvalue weighted by Crippen LogP contribution is -2.36. The van der Waals surface area contributed by atoms with Gasteiger partial charge in [0.25, 0.3) is 14.3 Å². The van der Waals surface area contributed by atoms with Crippen molar-refractivity contribution in [1.29, 1.82) is 0 Å². The van der Waals surface area contributed by atoms with E-state index in [1.807, 2.05) is 6.07 Å². The van der Waals surface area contributed by atoms with E-state index < -0.39 is 8.32 Å². The minimum atomic E-state index is -1.97. The molecule has 172 valence electrons. The van der Waals surface area contributed by atoms with Gasteiger partial charge >= 0.3 is 0 Å². The second kappa shape index (κ2) is 17.6. The average molecular weight is 433 g/mol. The first-order valence-corrected chi connectivity index (χ1v) is 15.9. The molecule has 0 saturated heterocycles. The van der Waals surface area contributed by atoms with Gasteiger partial charge in [-0.3, -0.25) is 4.79 Å². The number of carbonyl (C=O) groups excluding carboxylic acids is 1. The zero-order valence-electron chi connectivity index (χ0n) is 20.2. The fourth-order valence-electron chi connectivity index (χ4n) is 4.12. The van der Waals surface area contributed by atoms with Crippen molar-refractivity contribution in [3.63, 3.8) is 0 Å². The Morgan fingerprint density at radius 2 is 1.13 bits per heavy atom. The van der Waals surface area contributed by atoms with E-state index in [2.05, 4.69) is 44.3 Å². The van der Waals surface area contributed by atoms with Gasteiger partial charge < -0.3 is 4.43 Å². The Balaban J connectivity index is 1.90. The minimum Gasteiger partial charge on any atom is -0.519 e. The van der Waals surface area contributed by atoms with E-state index in [9.17, 15) is 4.79 Å². The zero-order valence-corrected chi connectivity index (χ0v) is 21.2. The number of hydrogen-bond acceptors (Lipinski definition) is 2. The summed E-state index contributed by atoms with van der Waals surface area (Å²) in [6.45, 7) is 6.57. The summed E-state index contributed by atoms with van der Waals surface area (Å²) in [6, 6.07) is 11.3. The highest BCUT2D eigenvalue weighted by Gasteiger charge is 2.27. The maximum atomic E-state index is 12.2. The van der Waals surface area contributed by atoms with Crippen LogP contribution < -0.4 is 0 Å².